The second kappa shape index (κ2) is 11.7. The number of hydrogen-bond acceptors (Lipinski definition) is 5. The number of furan rings is 1. The van der Waals surface area contributed by atoms with Crippen molar-refractivity contribution in [2.75, 3.05) is 0 Å². The van der Waals surface area contributed by atoms with Crippen molar-refractivity contribution in [2.24, 2.45) is 0 Å². The molecule has 1 amide bonds. The summed E-state index contributed by atoms with van der Waals surface area (Å²) in [5, 5.41) is 12.0. The lowest BCUT2D eigenvalue weighted by Crippen LogP contribution is -2.38. The van der Waals surface area contributed by atoms with Gasteiger partial charge in [-0.1, -0.05) is 24.9 Å². The fourth-order valence-corrected chi connectivity index (χ4v) is 3.35. The number of amides is 1. The molecule has 0 fully saturated rings. The van der Waals surface area contributed by atoms with Crippen molar-refractivity contribution in [3.05, 3.63) is 76.7 Å². The van der Waals surface area contributed by atoms with Crippen LogP contribution in [0.1, 0.15) is 43.1 Å². The number of alkyl halides is 3. The molecular formula is C25H22ClF3N2O4. The quantitative estimate of drug-likeness (QED) is 0.324. The molecule has 0 saturated heterocycles. The average Bonchev–Trinajstić information content (AvgIpc) is 3.34. The van der Waals surface area contributed by atoms with Crippen molar-refractivity contribution in [1.29, 1.82) is 5.26 Å². The molecule has 1 unspecified atom stereocenters. The van der Waals surface area contributed by atoms with Crippen LogP contribution in [-0.4, -0.2) is 12.0 Å². The zero-order valence-corrected chi connectivity index (χ0v) is 19.4. The minimum Gasteiger partial charge on any atom is -0.479 e. The summed E-state index contributed by atoms with van der Waals surface area (Å²) in [5.74, 6) is 0.465. The summed E-state index contributed by atoms with van der Waals surface area (Å²) in [7, 11) is 0. The number of nitrogens with zero attached hydrogens (tertiary/aromatic N) is 1. The number of ether oxygens (including phenoxy) is 2. The van der Waals surface area contributed by atoms with Gasteiger partial charge in [0.15, 0.2) is 6.10 Å². The van der Waals surface area contributed by atoms with Crippen molar-refractivity contribution < 1.29 is 31.9 Å². The van der Waals surface area contributed by atoms with Gasteiger partial charge in [-0.2, -0.15) is 18.4 Å². The molecule has 6 nitrogen and oxygen atoms in total. The smallest absolute Gasteiger partial charge is 0.416 e. The van der Waals surface area contributed by atoms with Gasteiger partial charge < -0.3 is 19.2 Å². The van der Waals surface area contributed by atoms with Crippen molar-refractivity contribution in [1.82, 2.24) is 5.32 Å². The van der Waals surface area contributed by atoms with Crippen LogP contribution < -0.4 is 14.8 Å². The first-order chi connectivity index (χ1) is 16.7. The molecule has 184 valence electrons. The zero-order chi connectivity index (χ0) is 25.4. The molecule has 0 spiro atoms. The minimum absolute atomic E-state index is 0.00551. The van der Waals surface area contributed by atoms with Crippen LogP contribution in [0.2, 0.25) is 5.02 Å². The highest BCUT2D eigenvalue weighted by Crippen LogP contribution is 2.37. The summed E-state index contributed by atoms with van der Waals surface area (Å²) >= 11 is 5.97. The summed E-state index contributed by atoms with van der Waals surface area (Å²) in [6.45, 7) is 2.15. The van der Waals surface area contributed by atoms with Gasteiger partial charge in [0.1, 0.15) is 29.1 Å². The van der Waals surface area contributed by atoms with E-state index in [-0.39, 0.29) is 40.3 Å². The van der Waals surface area contributed by atoms with Crippen LogP contribution in [-0.2, 0) is 17.5 Å². The van der Waals surface area contributed by atoms with Crippen LogP contribution in [0.3, 0.4) is 0 Å². The van der Waals surface area contributed by atoms with Crippen molar-refractivity contribution in [3.63, 3.8) is 0 Å². The third-order valence-electron chi connectivity index (χ3n) is 4.96. The summed E-state index contributed by atoms with van der Waals surface area (Å²) in [5.41, 5.74) is -0.741. The van der Waals surface area contributed by atoms with Crippen molar-refractivity contribution >= 4 is 17.5 Å². The molecule has 0 saturated carbocycles. The number of carbonyl (C=O) groups is 1. The third kappa shape index (κ3) is 7.17. The summed E-state index contributed by atoms with van der Waals surface area (Å²) in [4.78, 5) is 12.8. The molecule has 2 aromatic carbocycles. The summed E-state index contributed by atoms with van der Waals surface area (Å²) in [6.07, 6.45) is -1.99. The number of hydrogen-bond donors (Lipinski definition) is 1. The molecule has 0 radical (unpaired) electrons. The minimum atomic E-state index is -4.54. The lowest BCUT2D eigenvalue weighted by atomic mass is 10.1. The summed E-state index contributed by atoms with van der Waals surface area (Å²) in [6, 6.07) is 12.4. The first kappa shape index (κ1) is 26.0. The normalized spacial score (nSPS) is 12.0. The molecule has 3 rings (SSSR count). The van der Waals surface area contributed by atoms with Crippen molar-refractivity contribution in [3.8, 4) is 23.3 Å². The standard InChI is InChI=1S/C25H22ClF3N2O4/c1-2-3-6-22(24(32)31-15-19-5-4-11-33-19)35-23-13-18(9-7-16(23)14-30)34-21-10-8-17(12-20(21)26)25(27,28)29/h4-5,7-13,22H,2-3,6,15H2,1H3,(H,31,32). The van der Waals surface area contributed by atoms with Crippen LogP contribution >= 0.6 is 11.6 Å². The molecule has 0 bridgehead atoms. The molecule has 1 N–H and O–H groups in total. The highest BCUT2D eigenvalue weighted by atomic mass is 35.5. The van der Waals surface area contributed by atoms with E-state index >= 15 is 0 Å². The van der Waals surface area contributed by atoms with E-state index in [1.165, 1.54) is 24.5 Å². The van der Waals surface area contributed by atoms with E-state index in [1.807, 2.05) is 13.0 Å². The van der Waals surface area contributed by atoms with Crippen LogP contribution in [0.15, 0.2) is 59.2 Å². The number of benzene rings is 2. The van der Waals surface area contributed by atoms with Crippen molar-refractivity contribution in [2.45, 2.75) is 45.0 Å². The van der Waals surface area contributed by atoms with Gasteiger partial charge in [0.05, 0.1) is 29.0 Å². The molecule has 3 aromatic rings. The fourth-order valence-electron chi connectivity index (χ4n) is 3.13. The molecule has 0 aliphatic rings. The topological polar surface area (TPSA) is 84.5 Å². The van der Waals surface area contributed by atoms with E-state index in [2.05, 4.69) is 5.32 Å². The molecular weight excluding hydrogens is 485 g/mol. The number of halogens is 4. The molecule has 0 aliphatic carbocycles. The van der Waals surface area contributed by atoms with Gasteiger partial charge in [0, 0.05) is 6.07 Å². The van der Waals surface area contributed by atoms with Crippen LogP contribution in [0.4, 0.5) is 13.2 Å². The Labute approximate surface area is 205 Å². The lowest BCUT2D eigenvalue weighted by Gasteiger charge is -2.20. The molecule has 1 aromatic heterocycles. The Bertz CT molecular complexity index is 1190. The predicted molar refractivity (Wildman–Crippen MR) is 122 cm³/mol. The predicted octanol–water partition coefficient (Wildman–Crippen LogP) is 6.87. The SMILES string of the molecule is CCCCC(Oc1cc(Oc2ccc(C(F)(F)F)cc2Cl)ccc1C#N)C(=O)NCc1ccco1. The molecule has 10 heteroatoms. The Kier molecular flexibility index (Phi) is 8.66. The fraction of sp³-hybridized carbons (Fsp3) is 0.280. The van der Waals surface area contributed by atoms with Gasteiger partial charge in [-0.05, 0) is 55.3 Å². The average molecular weight is 507 g/mol. The second-order valence-electron chi connectivity index (χ2n) is 7.56. The third-order valence-corrected chi connectivity index (χ3v) is 5.25. The van der Waals surface area contributed by atoms with E-state index in [4.69, 9.17) is 25.5 Å². The first-order valence-electron chi connectivity index (χ1n) is 10.8. The Morgan fingerprint density at radius 1 is 1.20 bits per heavy atom. The number of unbranched alkanes of at least 4 members (excludes halogenated alkanes) is 1. The van der Waals surface area contributed by atoms with E-state index in [0.29, 0.717) is 18.6 Å². The Balaban J connectivity index is 1.79. The molecule has 0 aliphatic heterocycles. The van der Waals surface area contributed by atoms with Crippen LogP contribution in [0, 0.1) is 11.3 Å². The number of nitrogens with one attached hydrogen (secondary N) is 1. The Hall–Kier alpha value is -3.64. The molecule has 1 heterocycles. The largest absolute Gasteiger partial charge is 0.479 e. The number of rotatable bonds is 10. The molecule has 1 atom stereocenters. The van der Waals surface area contributed by atoms with Gasteiger partial charge in [0.25, 0.3) is 5.91 Å². The van der Waals surface area contributed by atoms with Gasteiger partial charge in [-0.25, -0.2) is 0 Å². The van der Waals surface area contributed by atoms with E-state index in [1.54, 1.807) is 12.1 Å². The van der Waals surface area contributed by atoms with Crippen LogP contribution in [0.25, 0.3) is 0 Å². The maximum absolute atomic E-state index is 12.9. The number of carbonyl (C=O) groups excluding carboxylic acids is 1. The van der Waals surface area contributed by atoms with Gasteiger partial charge in [-0.15, -0.1) is 0 Å². The van der Waals surface area contributed by atoms with Gasteiger partial charge >= 0.3 is 6.18 Å². The monoisotopic (exact) mass is 506 g/mol. The van der Waals surface area contributed by atoms with E-state index in [9.17, 15) is 23.2 Å². The van der Waals surface area contributed by atoms with Gasteiger partial charge in [0.2, 0.25) is 0 Å². The Morgan fingerprint density at radius 2 is 2.00 bits per heavy atom. The first-order valence-corrected chi connectivity index (χ1v) is 11.1. The zero-order valence-electron chi connectivity index (χ0n) is 18.7. The highest BCUT2D eigenvalue weighted by molar-refractivity contribution is 6.32. The lowest BCUT2D eigenvalue weighted by molar-refractivity contribution is -0.137. The second-order valence-corrected chi connectivity index (χ2v) is 7.97. The maximum atomic E-state index is 12.9. The van der Waals surface area contributed by atoms with E-state index in [0.717, 1.165) is 24.6 Å². The molecule has 35 heavy (non-hydrogen) atoms. The highest BCUT2D eigenvalue weighted by Gasteiger charge is 2.31. The van der Waals surface area contributed by atoms with E-state index < -0.39 is 17.8 Å². The maximum Gasteiger partial charge on any atom is 0.416 e. The van der Waals surface area contributed by atoms with Gasteiger partial charge in [-0.3, -0.25) is 4.79 Å². The van der Waals surface area contributed by atoms with Crippen LogP contribution in [0.5, 0.6) is 17.2 Å². The Morgan fingerprint density at radius 3 is 2.63 bits per heavy atom. The number of nitriles is 1. The summed E-state index contributed by atoms with van der Waals surface area (Å²) < 4.78 is 55.4.